The largest absolute Gasteiger partial charge is 0.472 e. The molecule has 0 spiro atoms. The van der Waals surface area contributed by atoms with E-state index in [1.165, 1.54) is 60.1 Å². The van der Waals surface area contributed by atoms with Crippen molar-refractivity contribution < 1.29 is 50.9 Å². The average Bonchev–Trinajstić information content (AvgIpc) is 3.61. The van der Waals surface area contributed by atoms with E-state index < -0.39 is 32.5 Å². The minimum atomic E-state index is -4.40. The molecule has 0 amide bonds. The van der Waals surface area contributed by atoms with Crippen molar-refractivity contribution in [2.45, 2.75) is 202 Å². The second-order valence-corrected chi connectivity index (χ2v) is 19.4. The maximum absolute atomic E-state index is 12.8. The molecule has 2 heterocycles. The second kappa shape index (κ2) is 29.8. The Morgan fingerprint density at radius 3 is 1.43 bits per heavy atom. The molecule has 2 aromatic rings. The molecule has 0 aromatic carbocycles. The van der Waals surface area contributed by atoms with Gasteiger partial charge < -0.3 is 27.7 Å². The first-order valence-corrected chi connectivity index (χ1v) is 25.0. The molecule has 1 N–H and O–H groups in total. The monoisotopic (exact) mass is 867 g/mol. The molecule has 2 unspecified atom stereocenters. The minimum absolute atomic E-state index is 0.0182. The van der Waals surface area contributed by atoms with Gasteiger partial charge in [0.25, 0.3) is 0 Å². The van der Waals surface area contributed by atoms with E-state index in [9.17, 15) is 19.0 Å². The summed E-state index contributed by atoms with van der Waals surface area (Å²) in [5.41, 5.74) is 5.23. The highest BCUT2D eigenvalue weighted by Crippen LogP contribution is 2.43. The van der Waals surface area contributed by atoms with E-state index in [2.05, 4.69) is 41.5 Å². The predicted octanol–water partition coefficient (Wildman–Crippen LogP) is 12.1. The number of hydrogen-bond donors (Lipinski definition) is 1. The molecule has 60 heavy (non-hydrogen) atoms. The van der Waals surface area contributed by atoms with Gasteiger partial charge in [0.15, 0.2) is 6.10 Å². The first-order chi connectivity index (χ1) is 28.6. The summed E-state index contributed by atoms with van der Waals surface area (Å²) in [7, 11) is 1.43. The Bertz CT molecular complexity index is 1540. The summed E-state index contributed by atoms with van der Waals surface area (Å²) in [6.45, 7) is 12.9. The van der Waals surface area contributed by atoms with Crippen LogP contribution in [-0.4, -0.2) is 74.9 Å². The van der Waals surface area contributed by atoms with Crippen LogP contribution in [0.4, 0.5) is 0 Å². The fourth-order valence-corrected chi connectivity index (χ4v) is 8.04. The standard InChI is InChI=1S/C48H84NO10P/c1-10-12-23-29-44-40(5)41(6)46(59-44)31-24-19-15-13-14-16-22-27-33-48(51)57-42(37-56-60(52,53)55-35-34-49(7,8)9)36-54-47(50)32-26-21-18-17-20-25-30-45-39(4)38(3)43(58-45)28-11-2/h42H,10-37H2,1-9H3/p+1. The molecular weight excluding hydrogens is 781 g/mol. The number of rotatable bonds is 36. The van der Waals surface area contributed by atoms with Crippen molar-refractivity contribution in [1.82, 2.24) is 0 Å². The summed E-state index contributed by atoms with van der Waals surface area (Å²) >= 11 is 0. The number of phosphoric ester groups is 1. The van der Waals surface area contributed by atoms with Gasteiger partial charge >= 0.3 is 19.8 Å². The van der Waals surface area contributed by atoms with Gasteiger partial charge in [0, 0.05) is 38.5 Å². The number of quaternary nitrogens is 1. The van der Waals surface area contributed by atoms with Crippen LogP contribution in [-0.2, 0) is 58.4 Å². The first-order valence-electron chi connectivity index (χ1n) is 23.5. The number of nitrogens with zero attached hydrogens (tertiary/aromatic N) is 1. The normalized spacial score (nSPS) is 13.4. The zero-order chi connectivity index (χ0) is 44.4. The average molecular weight is 867 g/mol. The Hall–Kier alpha value is -2.43. The molecular formula is C48H85NO10P+. The van der Waals surface area contributed by atoms with E-state index in [-0.39, 0.29) is 26.1 Å². The van der Waals surface area contributed by atoms with E-state index in [1.54, 1.807) is 0 Å². The molecule has 0 saturated heterocycles. The lowest BCUT2D eigenvalue weighted by Gasteiger charge is -2.24. The van der Waals surface area contributed by atoms with Crippen LogP contribution < -0.4 is 0 Å². The highest BCUT2D eigenvalue weighted by Gasteiger charge is 2.27. The maximum Gasteiger partial charge on any atom is 0.472 e. The van der Waals surface area contributed by atoms with Crippen molar-refractivity contribution in [3.63, 3.8) is 0 Å². The van der Waals surface area contributed by atoms with Gasteiger partial charge in [0.1, 0.15) is 42.8 Å². The van der Waals surface area contributed by atoms with Crippen LogP contribution in [0.25, 0.3) is 0 Å². The quantitative estimate of drug-likeness (QED) is 0.0305. The fraction of sp³-hybridized carbons (Fsp3) is 0.792. The van der Waals surface area contributed by atoms with Gasteiger partial charge in [-0.3, -0.25) is 18.6 Å². The zero-order valence-electron chi connectivity index (χ0n) is 39.4. The van der Waals surface area contributed by atoms with Gasteiger partial charge in [-0.1, -0.05) is 90.9 Å². The number of carbonyl (C=O) groups is 2. The van der Waals surface area contributed by atoms with Crippen LogP contribution in [0, 0.1) is 27.7 Å². The molecule has 0 saturated carbocycles. The van der Waals surface area contributed by atoms with Crippen molar-refractivity contribution in [1.29, 1.82) is 0 Å². The summed E-state index contributed by atoms with van der Waals surface area (Å²) in [5.74, 6) is 3.73. The lowest BCUT2D eigenvalue weighted by molar-refractivity contribution is -0.870. The van der Waals surface area contributed by atoms with E-state index in [1.807, 2.05) is 21.1 Å². The van der Waals surface area contributed by atoms with Crippen molar-refractivity contribution in [2.75, 3.05) is 47.5 Å². The van der Waals surface area contributed by atoms with Gasteiger partial charge in [-0.15, -0.1) is 0 Å². The van der Waals surface area contributed by atoms with Crippen LogP contribution in [0.2, 0.25) is 0 Å². The van der Waals surface area contributed by atoms with Crippen molar-refractivity contribution in [3.05, 3.63) is 45.3 Å². The summed E-state index contributed by atoms with van der Waals surface area (Å²) in [4.78, 5) is 35.7. The van der Waals surface area contributed by atoms with E-state index >= 15 is 0 Å². The molecule has 0 fully saturated rings. The summed E-state index contributed by atoms with van der Waals surface area (Å²) in [6.07, 6.45) is 22.5. The Kier molecular flexibility index (Phi) is 26.7. The van der Waals surface area contributed by atoms with Crippen LogP contribution in [0.5, 0.6) is 0 Å². The lowest BCUT2D eigenvalue weighted by Crippen LogP contribution is -2.37. The number of phosphoric acid groups is 1. The van der Waals surface area contributed by atoms with Gasteiger partial charge in [0.05, 0.1) is 27.7 Å². The number of esters is 2. The summed E-state index contributed by atoms with van der Waals surface area (Å²) in [6, 6.07) is 0. The Balaban J connectivity index is 1.67. The molecule has 346 valence electrons. The van der Waals surface area contributed by atoms with Gasteiger partial charge in [-0.25, -0.2) is 4.57 Å². The third kappa shape index (κ3) is 23.1. The molecule has 2 atom stereocenters. The van der Waals surface area contributed by atoms with Crippen LogP contribution in [0.3, 0.4) is 0 Å². The molecule has 2 aromatic heterocycles. The Morgan fingerprint density at radius 1 is 0.567 bits per heavy atom. The van der Waals surface area contributed by atoms with Gasteiger partial charge in [0.2, 0.25) is 0 Å². The number of furan rings is 2. The maximum atomic E-state index is 12.8. The molecule has 0 aliphatic carbocycles. The molecule has 2 rings (SSSR count). The molecule has 0 aliphatic rings. The van der Waals surface area contributed by atoms with Crippen molar-refractivity contribution in [3.8, 4) is 0 Å². The lowest BCUT2D eigenvalue weighted by atomic mass is 10.0. The second-order valence-electron chi connectivity index (χ2n) is 18.0. The number of aryl methyl sites for hydroxylation is 4. The van der Waals surface area contributed by atoms with Crippen LogP contribution in [0.1, 0.15) is 188 Å². The first kappa shape index (κ1) is 53.7. The molecule has 0 aliphatic heterocycles. The van der Waals surface area contributed by atoms with Gasteiger partial charge in [-0.05, 0) is 88.5 Å². The van der Waals surface area contributed by atoms with Crippen LogP contribution in [0.15, 0.2) is 8.83 Å². The van der Waals surface area contributed by atoms with Gasteiger partial charge in [-0.2, -0.15) is 0 Å². The predicted molar refractivity (Wildman–Crippen MR) is 240 cm³/mol. The highest BCUT2D eigenvalue weighted by atomic mass is 31.2. The highest BCUT2D eigenvalue weighted by molar-refractivity contribution is 7.47. The summed E-state index contributed by atoms with van der Waals surface area (Å²) < 4.78 is 46.8. The molecule has 0 bridgehead atoms. The zero-order valence-corrected chi connectivity index (χ0v) is 40.3. The summed E-state index contributed by atoms with van der Waals surface area (Å²) in [5, 5.41) is 0. The Labute approximate surface area is 364 Å². The Morgan fingerprint density at radius 2 is 0.983 bits per heavy atom. The SMILES string of the molecule is CCCCCc1oc(CCCCCCCCCCC(=O)OC(COC(=O)CCCCCCCCc2oc(CCC)c(C)c2C)COP(=O)(O)OCC[N+](C)(C)C)c(C)c1C. The molecule has 12 heteroatoms. The number of carbonyl (C=O) groups excluding carboxylic acids is 2. The fourth-order valence-electron chi connectivity index (χ4n) is 7.30. The number of hydrogen-bond acceptors (Lipinski definition) is 9. The van der Waals surface area contributed by atoms with Crippen molar-refractivity contribution >= 4 is 19.8 Å². The van der Waals surface area contributed by atoms with Crippen LogP contribution >= 0.6 is 7.82 Å². The third-order valence-electron chi connectivity index (χ3n) is 11.5. The minimum Gasteiger partial charge on any atom is -0.466 e. The molecule has 11 nitrogen and oxygen atoms in total. The topological polar surface area (TPSA) is 135 Å². The third-order valence-corrected chi connectivity index (χ3v) is 12.5. The van der Waals surface area contributed by atoms with E-state index in [0.29, 0.717) is 23.9 Å². The number of ether oxygens (including phenoxy) is 2. The van der Waals surface area contributed by atoms with E-state index in [0.717, 1.165) is 114 Å². The van der Waals surface area contributed by atoms with Crippen molar-refractivity contribution in [2.24, 2.45) is 0 Å². The van der Waals surface area contributed by atoms with E-state index in [4.69, 9.17) is 27.4 Å². The smallest absolute Gasteiger partial charge is 0.466 e. The number of likely N-dealkylation sites (N-methyl/N-ethyl adjacent to an activating group) is 1. The number of unbranched alkanes of at least 4 members (excludes halogenated alkanes) is 14. The molecule has 0 radical (unpaired) electrons.